The lowest BCUT2D eigenvalue weighted by Gasteiger charge is -2.26. The molecular weight excluding hydrogens is 439 g/mol. The number of nitrogens with zero attached hydrogens (tertiary/aromatic N) is 2. The summed E-state index contributed by atoms with van der Waals surface area (Å²) >= 11 is 0. The Morgan fingerprint density at radius 1 is 1.31 bits per heavy atom. The third-order valence-corrected chi connectivity index (χ3v) is 4.53. The fourth-order valence-corrected chi connectivity index (χ4v) is 3.07. The van der Waals surface area contributed by atoms with Gasteiger partial charge in [-0.2, -0.15) is 0 Å². The standard InChI is InChI=1S/C20H34N4O.HI/c1-6-25-19-13-16(4)7-8-17(19)14-23-20(21-5)22-11-12-24(15(2)3)18-9-10-18;/h7-8,13,15,18H,6,9-12,14H2,1-5H3,(H2,21,22,23);1H. The van der Waals surface area contributed by atoms with Crippen molar-refractivity contribution in [3.8, 4) is 5.75 Å². The molecule has 1 fully saturated rings. The molecule has 1 aliphatic carbocycles. The van der Waals surface area contributed by atoms with Gasteiger partial charge in [-0.3, -0.25) is 9.89 Å². The van der Waals surface area contributed by atoms with E-state index in [1.807, 2.05) is 14.0 Å². The van der Waals surface area contributed by atoms with Gasteiger partial charge in [-0.15, -0.1) is 24.0 Å². The quantitative estimate of drug-likeness (QED) is 0.327. The molecule has 0 aliphatic heterocycles. The summed E-state index contributed by atoms with van der Waals surface area (Å²) in [5.41, 5.74) is 2.36. The number of aliphatic imine (C=N–C) groups is 1. The summed E-state index contributed by atoms with van der Waals surface area (Å²) in [6.45, 7) is 12.0. The van der Waals surface area contributed by atoms with E-state index in [-0.39, 0.29) is 24.0 Å². The number of guanidine groups is 1. The lowest BCUT2D eigenvalue weighted by Crippen LogP contribution is -2.43. The number of nitrogens with one attached hydrogen (secondary N) is 2. The maximum atomic E-state index is 5.75. The fraction of sp³-hybridized carbons (Fsp3) is 0.650. The molecule has 148 valence electrons. The highest BCUT2D eigenvalue weighted by Crippen LogP contribution is 2.27. The van der Waals surface area contributed by atoms with E-state index in [0.717, 1.165) is 36.4 Å². The maximum absolute atomic E-state index is 5.75. The van der Waals surface area contributed by atoms with Crippen molar-refractivity contribution in [3.05, 3.63) is 29.3 Å². The van der Waals surface area contributed by atoms with Crippen LogP contribution in [0, 0.1) is 6.92 Å². The van der Waals surface area contributed by atoms with Crippen molar-refractivity contribution in [2.45, 2.75) is 59.2 Å². The van der Waals surface area contributed by atoms with Crippen molar-refractivity contribution in [2.24, 2.45) is 4.99 Å². The van der Waals surface area contributed by atoms with E-state index in [9.17, 15) is 0 Å². The molecule has 1 aromatic carbocycles. The van der Waals surface area contributed by atoms with Crippen LogP contribution in [0.5, 0.6) is 5.75 Å². The van der Waals surface area contributed by atoms with E-state index in [0.29, 0.717) is 19.2 Å². The molecule has 2 N–H and O–H groups in total. The Labute approximate surface area is 176 Å². The van der Waals surface area contributed by atoms with Crippen LogP contribution in [0.1, 0.15) is 44.7 Å². The topological polar surface area (TPSA) is 48.9 Å². The molecule has 0 atom stereocenters. The summed E-state index contributed by atoms with van der Waals surface area (Å²) in [4.78, 5) is 6.91. The molecule has 0 saturated heterocycles. The van der Waals surface area contributed by atoms with Gasteiger partial charge < -0.3 is 15.4 Å². The van der Waals surface area contributed by atoms with E-state index in [4.69, 9.17) is 4.74 Å². The summed E-state index contributed by atoms with van der Waals surface area (Å²) in [6.07, 6.45) is 2.69. The molecule has 0 amide bonds. The normalized spacial score (nSPS) is 14.3. The zero-order valence-corrected chi connectivity index (χ0v) is 19.2. The third-order valence-electron chi connectivity index (χ3n) is 4.53. The van der Waals surface area contributed by atoms with Crippen molar-refractivity contribution < 1.29 is 4.74 Å². The van der Waals surface area contributed by atoms with E-state index in [1.165, 1.54) is 18.4 Å². The first-order valence-electron chi connectivity index (χ1n) is 9.47. The average molecular weight is 474 g/mol. The lowest BCUT2D eigenvalue weighted by atomic mass is 10.1. The van der Waals surface area contributed by atoms with Crippen LogP contribution in [0.15, 0.2) is 23.2 Å². The van der Waals surface area contributed by atoms with Gasteiger partial charge in [0.2, 0.25) is 0 Å². The van der Waals surface area contributed by atoms with Gasteiger partial charge in [0.05, 0.1) is 6.61 Å². The first kappa shape index (κ1) is 23.0. The second kappa shape index (κ2) is 11.6. The van der Waals surface area contributed by atoms with Crippen molar-refractivity contribution >= 4 is 29.9 Å². The van der Waals surface area contributed by atoms with Crippen molar-refractivity contribution in [1.29, 1.82) is 0 Å². The molecule has 0 heterocycles. The van der Waals surface area contributed by atoms with Gasteiger partial charge >= 0.3 is 0 Å². The first-order valence-corrected chi connectivity index (χ1v) is 9.47. The minimum Gasteiger partial charge on any atom is -0.494 e. The Balaban J connectivity index is 0.00000338. The van der Waals surface area contributed by atoms with Crippen LogP contribution < -0.4 is 15.4 Å². The zero-order chi connectivity index (χ0) is 18.2. The lowest BCUT2D eigenvalue weighted by molar-refractivity contribution is 0.215. The number of hydrogen-bond donors (Lipinski definition) is 2. The summed E-state index contributed by atoms with van der Waals surface area (Å²) in [6, 6.07) is 7.72. The van der Waals surface area contributed by atoms with E-state index < -0.39 is 0 Å². The molecular formula is C20H35IN4O. The maximum Gasteiger partial charge on any atom is 0.191 e. The zero-order valence-electron chi connectivity index (χ0n) is 16.8. The Kier molecular flexibility index (Phi) is 10.3. The molecule has 2 rings (SSSR count). The van der Waals surface area contributed by atoms with Crippen LogP contribution in [0.25, 0.3) is 0 Å². The minimum atomic E-state index is 0. The van der Waals surface area contributed by atoms with Crippen LogP contribution in [0.3, 0.4) is 0 Å². The number of benzene rings is 1. The second-order valence-electron chi connectivity index (χ2n) is 6.96. The highest BCUT2D eigenvalue weighted by molar-refractivity contribution is 14.0. The summed E-state index contributed by atoms with van der Waals surface area (Å²) in [7, 11) is 1.81. The van der Waals surface area contributed by atoms with Crippen LogP contribution in [-0.2, 0) is 6.54 Å². The molecule has 5 nitrogen and oxygen atoms in total. The Morgan fingerprint density at radius 3 is 2.62 bits per heavy atom. The van der Waals surface area contributed by atoms with Crippen LogP contribution in [0.2, 0.25) is 0 Å². The third kappa shape index (κ3) is 7.31. The molecule has 6 heteroatoms. The van der Waals surface area contributed by atoms with Crippen LogP contribution >= 0.6 is 24.0 Å². The first-order chi connectivity index (χ1) is 12.0. The smallest absolute Gasteiger partial charge is 0.191 e. The van der Waals surface area contributed by atoms with Gasteiger partial charge in [-0.1, -0.05) is 12.1 Å². The summed E-state index contributed by atoms with van der Waals surface area (Å²) in [5.74, 6) is 1.78. The van der Waals surface area contributed by atoms with Crippen molar-refractivity contribution in [3.63, 3.8) is 0 Å². The Morgan fingerprint density at radius 2 is 2.04 bits per heavy atom. The van der Waals surface area contributed by atoms with E-state index in [2.05, 4.69) is 59.5 Å². The molecule has 0 spiro atoms. The molecule has 0 aromatic heterocycles. The molecule has 1 aliphatic rings. The predicted molar refractivity (Wildman–Crippen MR) is 121 cm³/mol. The van der Waals surface area contributed by atoms with Crippen molar-refractivity contribution in [2.75, 3.05) is 26.7 Å². The molecule has 1 saturated carbocycles. The van der Waals surface area contributed by atoms with Gasteiger partial charge in [0.1, 0.15) is 5.75 Å². The monoisotopic (exact) mass is 474 g/mol. The molecule has 1 aromatic rings. The summed E-state index contributed by atoms with van der Waals surface area (Å²) < 4.78 is 5.75. The minimum absolute atomic E-state index is 0. The second-order valence-corrected chi connectivity index (χ2v) is 6.96. The molecule has 0 bridgehead atoms. The van der Waals surface area contributed by atoms with Gasteiger partial charge in [0.15, 0.2) is 5.96 Å². The predicted octanol–water partition coefficient (Wildman–Crippen LogP) is 3.55. The van der Waals surface area contributed by atoms with Crippen LogP contribution in [-0.4, -0.2) is 49.7 Å². The summed E-state index contributed by atoms with van der Waals surface area (Å²) in [5, 5.41) is 6.82. The molecule has 0 unspecified atom stereocenters. The number of aryl methyl sites for hydroxylation is 1. The number of ether oxygens (including phenoxy) is 1. The van der Waals surface area contributed by atoms with Crippen LogP contribution in [0.4, 0.5) is 0 Å². The highest BCUT2D eigenvalue weighted by Gasteiger charge is 2.30. The van der Waals surface area contributed by atoms with Crippen molar-refractivity contribution in [1.82, 2.24) is 15.5 Å². The Bertz CT molecular complexity index is 571. The van der Waals surface area contributed by atoms with Gasteiger partial charge in [-0.25, -0.2) is 0 Å². The SMILES string of the molecule is CCOc1cc(C)ccc1CNC(=NC)NCCN(C(C)C)C1CC1.I. The van der Waals surface area contributed by atoms with E-state index >= 15 is 0 Å². The molecule has 0 radical (unpaired) electrons. The number of hydrogen-bond acceptors (Lipinski definition) is 3. The average Bonchev–Trinajstić information content (AvgIpc) is 3.40. The largest absolute Gasteiger partial charge is 0.494 e. The van der Waals surface area contributed by atoms with E-state index in [1.54, 1.807) is 0 Å². The highest BCUT2D eigenvalue weighted by atomic mass is 127. The van der Waals surface area contributed by atoms with Gasteiger partial charge in [-0.05, 0) is 52.2 Å². The van der Waals surface area contributed by atoms with Gasteiger partial charge in [0, 0.05) is 44.3 Å². The molecule has 26 heavy (non-hydrogen) atoms. The number of halogens is 1. The number of rotatable bonds is 9. The fourth-order valence-electron chi connectivity index (χ4n) is 3.07. The Hall–Kier alpha value is -1.02. The van der Waals surface area contributed by atoms with Gasteiger partial charge in [0.25, 0.3) is 0 Å².